The zero-order valence-corrected chi connectivity index (χ0v) is 12.4. The predicted octanol–water partition coefficient (Wildman–Crippen LogP) is 3.26. The highest BCUT2D eigenvalue weighted by Crippen LogP contribution is 2.32. The quantitative estimate of drug-likeness (QED) is 0.713. The molecule has 1 fully saturated rings. The van der Waals surface area contributed by atoms with E-state index in [4.69, 9.17) is 11.6 Å². The fourth-order valence-corrected chi connectivity index (χ4v) is 3.03. The zero-order chi connectivity index (χ0) is 11.9. The molecule has 0 bridgehead atoms. The van der Waals surface area contributed by atoms with Gasteiger partial charge in [-0.2, -0.15) is 0 Å². The Morgan fingerprint density at radius 3 is 2.75 bits per heavy atom. The van der Waals surface area contributed by atoms with Crippen LogP contribution in [0.2, 0.25) is 0 Å². The number of hydrogen-bond donors (Lipinski definition) is 0. The minimum Gasteiger partial charge on any atom is -0.294 e. The molecule has 0 aliphatic carbocycles. The summed E-state index contributed by atoms with van der Waals surface area (Å²) in [6.45, 7) is 2.41. The minimum atomic E-state index is -0.120. The van der Waals surface area contributed by atoms with E-state index in [0.29, 0.717) is 18.8 Å². The SMILES string of the molecule is Cc1nc(N2CC(Cl)CC2=O)c(Br)cc1Br. The molecule has 1 amide bonds. The van der Waals surface area contributed by atoms with Crippen LogP contribution in [0.3, 0.4) is 0 Å². The summed E-state index contributed by atoms with van der Waals surface area (Å²) in [4.78, 5) is 17.7. The maximum absolute atomic E-state index is 11.7. The first-order valence-electron chi connectivity index (χ1n) is 4.76. The van der Waals surface area contributed by atoms with Crippen molar-refractivity contribution in [3.05, 3.63) is 20.7 Å². The number of amides is 1. The van der Waals surface area contributed by atoms with Crippen LogP contribution in [0.1, 0.15) is 12.1 Å². The molecule has 1 aromatic rings. The van der Waals surface area contributed by atoms with Crippen LogP contribution >= 0.6 is 43.5 Å². The number of hydrogen-bond acceptors (Lipinski definition) is 2. The highest BCUT2D eigenvalue weighted by atomic mass is 79.9. The fourth-order valence-electron chi connectivity index (χ4n) is 1.60. The minimum absolute atomic E-state index is 0.0231. The van der Waals surface area contributed by atoms with Gasteiger partial charge in [0.25, 0.3) is 0 Å². The zero-order valence-electron chi connectivity index (χ0n) is 8.51. The molecule has 1 unspecified atom stereocenters. The molecule has 0 spiro atoms. The number of nitrogens with zero attached hydrogens (tertiary/aromatic N) is 2. The average Bonchev–Trinajstić information content (AvgIpc) is 2.51. The number of halogens is 3. The van der Waals surface area contributed by atoms with Gasteiger partial charge in [0.05, 0.1) is 15.5 Å². The van der Waals surface area contributed by atoms with E-state index in [1.807, 2.05) is 13.0 Å². The van der Waals surface area contributed by atoms with E-state index in [0.717, 1.165) is 14.6 Å². The molecular formula is C10H9Br2ClN2O. The Bertz CT molecular complexity index is 453. The van der Waals surface area contributed by atoms with Gasteiger partial charge in [-0.05, 0) is 44.8 Å². The number of aromatic nitrogens is 1. The first kappa shape index (κ1) is 12.3. The van der Waals surface area contributed by atoms with Gasteiger partial charge in [-0.1, -0.05) is 0 Å². The predicted molar refractivity (Wildman–Crippen MR) is 71.0 cm³/mol. The van der Waals surface area contributed by atoms with E-state index < -0.39 is 0 Å². The third-order valence-corrected chi connectivity index (χ3v) is 4.10. The highest BCUT2D eigenvalue weighted by Gasteiger charge is 2.31. The molecule has 6 heteroatoms. The summed E-state index contributed by atoms with van der Waals surface area (Å²) in [6, 6.07) is 1.90. The van der Waals surface area contributed by atoms with Gasteiger partial charge in [0.2, 0.25) is 5.91 Å². The summed E-state index contributed by atoms with van der Waals surface area (Å²) >= 11 is 12.8. The number of rotatable bonds is 1. The lowest BCUT2D eigenvalue weighted by Gasteiger charge is -2.17. The average molecular weight is 368 g/mol. The molecule has 0 aromatic carbocycles. The molecule has 1 aliphatic heterocycles. The van der Waals surface area contributed by atoms with Gasteiger partial charge in [-0.15, -0.1) is 11.6 Å². The van der Waals surface area contributed by atoms with E-state index in [-0.39, 0.29) is 11.3 Å². The Morgan fingerprint density at radius 2 is 2.19 bits per heavy atom. The largest absolute Gasteiger partial charge is 0.294 e. The van der Waals surface area contributed by atoms with E-state index >= 15 is 0 Å². The van der Waals surface area contributed by atoms with E-state index in [1.165, 1.54) is 0 Å². The molecule has 86 valence electrons. The number of alkyl halides is 1. The maximum atomic E-state index is 11.7. The van der Waals surface area contributed by atoms with Gasteiger partial charge in [-0.3, -0.25) is 9.69 Å². The number of pyridine rings is 1. The van der Waals surface area contributed by atoms with E-state index in [1.54, 1.807) is 4.90 Å². The van der Waals surface area contributed by atoms with Gasteiger partial charge in [0.15, 0.2) is 0 Å². The first-order chi connectivity index (χ1) is 7.49. The van der Waals surface area contributed by atoms with Crippen molar-refractivity contribution in [3.63, 3.8) is 0 Å². The summed E-state index contributed by atoms with van der Waals surface area (Å²) in [5, 5.41) is -0.120. The van der Waals surface area contributed by atoms with Crippen LogP contribution in [0, 0.1) is 6.92 Å². The van der Waals surface area contributed by atoms with Crippen molar-refractivity contribution >= 4 is 55.2 Å². The van der Waals surface area contributed by atoms with E-state index in [9.17, 15) is 4.79 Å². The van der Waals surface area contributed by atoms with Crippen LogP contribution in [-0.4, -0.2) is 22.8 Å². The normalized spacial score (nSPS) is 20.6. The van der Waals surface area contributed by atoms with Gasteiger partial charge < -0.3 is 0 Å². The van der Waals surface area contributed by atoms with Gasteiger partial charge in [0, 0.05) is 17.4 Å². The first-order valence-corrected chi connectivity index (χ1v) is 6.78. The molecule has 0 N–H and O–H groups in total. The second-order valence-corrected chi connectivity index (χ2v) is 5.99. The Morgan fingerprint density at radius 1 is 1.50 bits per heavy atom. The number of aryl methyl sites for hydroxylation is 1. The van der Waals surface area contributed by atoms with Crippen LogP contribution in [0.4, 0.5) is 5.82 Å². The van der Waals surface area contributed by atoms with Crippen molar-refractivity contribution < 1.29 is 4.79 Å². The Balaban J connectivity index is 2.41. The molecule has 1 saturated heterocycles. The monoisotopic (exact) mass is 366 g/mol. The second kappa shape index (κ2) is 4.63. The summed E-state index contributed by atoms with van der Waals surface area (Å²) in [7, 11) is 0. The topological polar surface area (TPSA) is 33.2 Å². The molecule has 1 aliphatic rings. The molecule has 16 heavy (non-hydrogen) atoms. The highest BCUT2D eigenvalue weighted by molar-refractivity contribution is 9.11. The molecule has 1 aromatic heterocycles. The standard InChI is InChI=1S/C10H9Br2ClN2O/c1-5-7(11)3-8(12)10(14-5)15-4-6(13)2-9(15)16/h3,6H,2,4H2,1H3. The summed E-state index contributed by atoms with van der Waals surface area (Å²) in [5.41, 5.74) is 0.851. The van der Waals surface area contributed by atoms with Gasteiger partial charge >= 0.3 is 0 Å². The molecule has 3 nitrogen and oxygen atoms in total. The van der Waals surface area contributed by atoms with Crippen LogP contribution in [0.15, 0.2) is 15.0 Å². The Labute approximate surface area is 115 Å². The lowest BCUT2D eigenvalue weighted by atomic mass is 10.3. The maximum Gasteiger partial charge on any atom is 0.229 e. The lowest BCUT2D eigenvalue weighted by Crippen LogP contribution is -2.26. The number of anilines is 1. The third kappa shape index (κ3) is 2.26. The van der Waals surface area contributed by atoms with Crippen LogP contribution in [-0.2, 0) is 4.79 Å². The van der Waals surface area contributed by atoms with Gasteiger partial charge in [0.1, 0.15) is 5.82 Å². The van der Waals surface area contributed by atoms with E-state index in [2.05, 4.69) is 36.8 Å². The second-order valence-electron chi connectivity index (χ2n) is 3.67. The van der Waals surface area contributed by atoms with Crippen LogP contribution in [0.25, 0.3) is 0 Å². The van der Waals surface area contributed by atoms with Crippen LogP contribution in [0.5, 0.6) is 0 Å². The summed E-state index contributed by atoms with van der Waals surface area (Å²) in [5.74, 6) is 0.670. The van der Waals surface area contributed by atoms with Gasteiger partial charge in [-0.25, -0.2) is 4.98 Å². The summed E-state index contributed by atoms with van der Waals surface area (Å²) < 4.78 is 1.71. The van der Waals surface area contributed by atoms with Crippen molar-refractivity contribution in [1.29, 1.82) is 0 Å². The molecule has 2 rings (SSSR count). The Kier molecular flexibility index (Phi) is 3.56. The number of carbonyl (C=O) groups is 1. The molecular weight excluding hydrogens is 359 g/mol. The van der Waals surface area contributed by atoms with Crippen molar-refractivity contribution in [2.75, 3.05) is 11.4 Å². The van der Waals surface area contributed by atoms with Crippen LogP contribution < -0.4 is 4.90 Å². The molecule has 1 atom stereocenters. The van der Waals surface area contributed by atoms with Crippen molar-refractivity contribution in [1.82, 2.24) is 4.98 Å². The fraction of sp³-hybridized carbons (Fsp3) is 0.400. The van der Waals surface area contributed by atoms with Crippen molar-refractivity contribution in [3.8, 4) is 0 Å². The smallest absolute Gasteiger partial charge is 0.229 e. The Hall–Kier alpha value is -0.130. The third-order valence-electron chi connectivity index (χ3n) is 2.42. The van der Waals surface area contributed by atoms with Crippen molar-refractivity contribution in [2.24, 2.45) is 0 Å². The molecule has 2 heterocycles. The molecule has 0 radical (unpaired) electrons. The van der Waals surface area contributed by atoms with Crippen molar-refractivity contribution in [2.45, 2.75) is 18.7 Å². The number of carbonyl (C=O) groups excluding carboxylic acids is 1. The summed E-state index contributed by atoms with van der Waals surface area (Å²) in [6.07, 6.45) is 0.380. The lowest BCUT2D eigenvalue weighted by molar-refractivity contribution is -0.117. The molecule has 0 saturated carbocycles.